The zero-order valence-corrected chi connectivity index (χ0v) is 54.1. The van der Waals surface area contributed by atoms with E-state index in [1.165, 1.54) is 0 Å². The second kappa shape index (κ2) is 23.4. The molecule has 0 aliphatic rings. The highest BCUT2D eigenvalue weighted by molar-refractivity contribution is 7.43. The monoisotopic (exact) mass is 1220 g/mol. The van der Waals surface area contributed by atoms with Crippen molar-refractivity contribution in [2.45, 2.75) is 119 Å². The first-order chi connectivity index (χ1) is 39.1. The second-order valence-electron chi connectivity index (χ2n) is 25.0. The fraction of sp³-hybridized carbons (Fsp3) is 0.257. The summed E-state index contributed by atoms with van der Waals surface area (Å²) >= 11 is 27.7. The van der Waals surface area contributed by atoms with Gasteiger partial charge in [0, 0.05) is 69.5 Å². The van der Waals surface area contributed by atoms with Crippen LogP contribution >= 0.6 is 63.6 Å². The van der Waals surface area contributed by atoms with Gasteiger partial charge in [-0.2, -0.15) is 0 Å². The van der Waals surface area contributed by atoms with Crippen LogP contribution in [-0.2, 0) is 16.2 Å². The summed E-state index contributed by atoms with van der Waals surface area (Å²) in [6.45, 7) is 30.1. The predicted octanol–water partition coefficient (Wildman–Crippen LogP) is 23.8. The lowest BCUT2D eigenvalue weighted by Gasteiger charge is -2.35. The van der Waals surface area contributed by atoms with Gasteiger partial charge in [0.25, 0.3) is 0 Å². The lowest BCUT2D eigenvalue weighted by molar-refractivity contribution is 0.129. The predicted molar refractivity (Wildman–Crippen MR) is 351 cm³/mol. The maximum absolute atomic E-state index is 7.74. The molecule has 10 rings (SSSR count). The fourth-order valence-electron chi connectivity index (χ4n) is 10.5. The van der Waals surface area contributed by atoms with Gasteiger partial charge in [-0.3, -0.25) is 0 Å². The van der Waals surface area contributed by atoms with Gasteiger partial charge in [-0.05, 0) is 138 Å². The molecule has 0 amide bonds. The van der Waals surface area contributed by atoms with E-state index in [9.17, 15) is 0 Å². The van der Waals surface area contributed by atoms with Crippen LogP contribution in [0.5, 0.6) is 40.2 Å². The van der Waals surface area contributed by atoms with Crippen molar-refractivity contribution in [3.05, 3.63) is 206 Å². The van der Waals surface area contributed by atoms with Crippen LogP contribution in [0.4, 0.5) is 0 Å². The Kier molecular flexibility index (Phi) is 16.9. The van der Waals surface area contributed by atoms with Crippen LogP contribution < -0.4 is 31.9 Å². The molecular weight excluding hydrogens is 1160 g/mol. The fourth-order valence-corrected chi connectivity index (χ4v) is 13.5. The summed E-state index contributed by atoms with van der Waals surface area (Å²) < 4.78 is 51.3. The van der Waals surface area contributed by atoms with E-state index in [1.54, 1.807) is 24.3 Å². The van der Waals surface area contributed by atoms with E-state index in [1.807, 2.05) is 121 Å². The molecule has 13 heteroatoms. The third kappa shape index (κ3) is 13.2. The molecule has 83 heavy (non-hydrogen) atoms. The molecular formula is C70H68Cl4O7P2. The third-order valence-corrected chi connectivity index (χ3v) is 17.2. The zero-order chi connectivity index (χ0) is 59.5. The van der Waals surface area contributed by atoms with Crippen LogP contribution in [-0.4, -0.2) is 5.60 Å². The summed E-state index contributed by atoms with van der Waals surface area (Å²) in [6, 6.07) is 51.0. The largest absolute Gasteiger partial charge is 0.530 e. The first-order valence-electron chi connectivity index (χ1n) is 27.6. The Morgan fingerprint density at radius 2 is 0.602 bits per heavy atom. The van der Waals surface area contributed by atoms with Crippen molar-refractivity contribution in [3.63, 3.8) is 0 Å². The topological polar surface area (TPSA) is 64.6 Å². The smallest absolute Gasteiger partial charge is 0.488 e. The summed E-state index contributed by atoms with van der Waals surface area (Å²) in [5, 5.41) is 8.79. The first kappa shape index (κ1) is 60.0. The van der Waals surface area contributed by atoms with Crippen LogP contribution in [0.2, 0.25) is 20.1 Å². The molecule has 0 aliphatic heterocycles. The van der Waals surface area contributed by atoms with Gasteiger partial charge in [0.2, 0.25) is 0 Å². The van der Waals surface area contributed by atoms with Crippen molar-refractivity contribution < 1.29 is 31.9 Å². The van der Waals surface area contributed by atoms with Crippen LogP contribution in [0.25, 0.3) is 54.2 Å². The molecule has 0 saturated carbocycles. The average Bonchev–Trinajstić information content (AvgIpc) is 3.51. The number of hydrogen-bond donors (Lipinski definition) is 0. The average molecular weight is 1230 g/mol. The van der Waals surface area contributed by atoms with Gasteiger partial charge < -0.3 is 31.9 Å². The van der Waals surface area contributed by atoms with Crippen molar-refractivity contribution >= 4 is 107 Å². The van der Waals surface area contributed by atoms with Crippen LogP contribution in [0, 0.1) is 13.8 Å². The number of halogens is 4. The molecule has 428 valence electrons. The van der Waals surface area contributed by atoms with E-state index >= 15 is 0 Å². The van der Waals surface area contributed by atoms with E-state index in [-0.39, 0.29) is 5.41 Å². The Morgan fingerprint density at radius 3 is 0.904 bits per heavy atom. The van der Waals surface area contributed by atoms with Gasteiger partial charge in [0.1, 0.15) is 45.8 Å². The standard InChI is InChI=1S/C70H68Cl4O7P2/c1-41-55(67(3,4)5)39-56(68(6,7)8)65(80-82(76-59-35-47(71)31-43-23-15-19-27-51(43)59)77-60-36-48(72)32-44-24-16-20-28-52(44)60)63(41)64-42(2)58(75-70(12,13)14)40-57(69(9,10)11)66(64)81-83(78-61-37-49(73)33-45-25-17-21-29-53(45)61)79-62-38-50(74)34-46-26-18-22-30-54(46)62/h15-40H,1-14H3. The maximum Gasteiger partial charge on any atom is 0.530 e. The lowest BCUT2D eigenvalue weighted by Crippen LogP contribution is -2.25. The Labute approximate surface area is 511 Å². The molecule has 0 fully saturated rings. The van der Waals surface area contributed by atoms with Crippen molar-refractivity contribution in [3.8, 4) is 51.4 Å². The number of benzene rings is 10. The van der Waals surface area contributed by atoms with E-state index in [0.717, 1.165) is 76.5 Å². The van der Waals surface area contributed by atoms with Crippen molar-refractivity contribution in [1.29, 1.82) is 0 Å². The van der Waals surface area contributed by atoms with Gasteiger partial charge in [-0.25, -0.2) is 0 Å². The maximum atomic E-state index is 7.74. The van der Waals surface area contributed by atoms with Gasteiger partial charge in [0.15, 0.2) is 0 Å². The molecule has 0 unspecified atom stereocenters. The third-order valence-electron chi connectivity index (χ3n) is 14.3. The molecule has 0 bridgehead atoms. The summed E-state index contributed by atoms with van der Waals surface area (Å²) in [5.74, 6) is 3.57. The Morgan fingerprint density at radius 1 is 0.313 bits per heavy atom. The summed E-state index contributed by atoms with van der Waals surface area (Å²) in [6.07, 6.45) is 0. The summed E-state index contributed by atoms with van der Waals surface area (Å²) in [7, 11) is -4.90. The molecule has 0 spiro atoms. The van der Waals surface area contributed by atoms with Gasteiger partial charge in [-0.1, -0.05) is 212 Å². The second-order valence-corrected chi connectivity index (χ2v) is 28.7. The van der Waals surface area contributed by atoms with Gasteiger partial charge in [-0.15, -0.1) is 0 Å². The Balaban J connectivity index is 1.29. The van der Waals surface area contributed by atoms with Gasteiger partial charge >= 0.3 is 17.2 Å². The highest BCUT2D eigenvalue weighted by atomic mass is 35.5. The number of ether oxygens (including phenoxy) is 1. The highest BCUT2D eigenvalue weighted by Gasteiger charge is 2.39. The SMILES string of the molecule is Cc1c(OC(C)(C)C)cc(C(C)(C)C)c(OP(Oc2cc(Cl)cc3ccccc23)Oc2cc(Cl)cc3ccccc23)c1-c1c(C)c(C(C)(C)C)cc(C(C)(C)C)c1OP(Oc1cc(Cl)cc2ccccc12)Oc1cc(Cl)cc2ccccc12. The van der Waals surface area contributed by atoms with E-state index in [0.29, 0.717) is 65.9 Å². The van der Waals surface area contributed by atoms with Crippen molar-refractivity contribution in [2.24, 2.45) is 0 Å². The number of hydrogen-bond acceptors (Lipinski definition) is 7. The molecule has 0 N–H and O–H groups in total. The number of rotatable bonds is 14. The summed E-state index contributed by atoms with van der Waals surface area (Å²) in [5.41, 5.74) is 3.82. The molecule has 10 aromatic carbocycles. The quantitative estimate of drug-likeness (QED) is 0.101. The summed E-state index contributed by atoms with van der Waals surface area (Å²) in [4.78, 5) is 0. The van der Waals surface area contributed by atoms with Gasteiger partial charge in [0.05, 0.1) is 0 Å². The molecule has 0 saturated heterocycles. The normalized spacial score (nSPS) is 12.4. The minimum Gasteiger partial charge on any atom is -0.488 e. The molecule has 0 atom stereocenters. The molecule has 10 aromatic rings. The first-order valence-corrected chi connectivity index (χ1v) is 31.3. The minimum absolute atomic E-state index is 0.379. The molecule has 0 heterocycles. The number of fused-ring (bicyclic) bond motifs is 4. The molecule has 0 radical (unpaired) electrons. The Hall–Kier alpha value is -6.14. The lowest BCUT2D eigenvalue weighted by atomic mass is 9.74. The highest BCUT2D eigenvalue weighted by Crippen LogP contribution is 2.59. The minimum atomic E-state index is -2.45. The van der Waals surface area contributed by atoms with Crippen LogP contribution in [0.15, 0.2) is 158 Å². The van der Waals surface area contributed by atoms with E-state index in [2.05, 4.69) is 109 Å². The molecule has 7 nitrogen and oxygen atoms in total. The zero-order valence-electron chi connectivity index (χ0n) is 49.3. The Bertz CT molecular complexity index is 3940. The molecule has 0 aliphatic carbocycles. The molecule has 0 aromatic heterocycles. The van der Waals surface area contributed by atoms with Crippen molar-refractivity contribution in [1.82, 2.24) is 0 Å². The van der Waals surface area contributed by atoms with Crippen LogP contribution in [0.3, 0.4) is 0 Å². The van der Waals surface area contributed by atoms with E-state index < -0.39 is 33.6 Å². The van der Waals surface area contributed by atoms with Crippen molar-refractivity contribution in [2.75, 3.05) is 0 Å². The van der Waals surface area contributed by atoms with Crippen LogP contribution in [0.1, 0.15) is 111 Å². The van der Waals surface area contributed by atoms with E-state index in [4.69, 9.17) is 78.3 Å².